The van der Waals surface area contributed by atoms with E-state index in [4.69, 9.17) is 4.74 Å². The van der Waals surface area contributed by atoms with Crippen molar-refractivity contribution in [3.63, 3.8) is 0 Å². The van der Waals surface area contributed by atoms with E-state index >= 15 is 0 Å². The first-order valence-corrected chi connectivity index (χ1v) is 6.21. The molecule has 0 aliphatic rings. The van der Waals surface area contributed by atoms with Gasteiger partial charge in [0.25, 0.3) is 0 Å². The van der Waals surface area contributed by atoms with Crippen molar-refractivity contribution in [3.05, 3.63) is 30.1 Å². The minimum absolute atomic E-state index is 0.188. The molecular formula is C13H17FN2O4. The van der Waals surface area contributed by atoms with E-state index in [1.54, 1.807) is 6.92 Å². The number of ether oxygens (including phenoxy) is 2. The summed E-state index contributed by atoms with van der Waals surface area (Å²) in [6.07, 6.45) is -0.0511. The Hall–Kier alpha value is -2.31. The number of carbonyl (C=O) groups is 2. The van der Waals surface area contributed by atoms with Crippen molar-refractivity contribution in [2.45, 2.75) is 19.8 Å². The van der Waals surface area contributed by atoms with Crippen LogP contribution in [0.4, 0.5) is 9.18 Å². The van der Waals surface area contributed by atoms with Crippen molar-refractivity contribution in [1.82, 2.24) is 10.9 Å². The molecule has 0 aromatic heterocycles. The van der Waals surface area contributed by atoms with Crippen LogP contribution in [0.5, 0.6) is 5.75 Å². The van der Waals surface area contributed by atoms with Gasteiger partial charge in [0, 0.05) is 6.42 Å². The van der Waals surface area contributed by atoms with E-state index in [-0.39, 0.29) is 24.8 Å². The highest BCUT2D eigenvalue weighted by atomic mass is 19.1. The lowest BCUT2D eigenvalue weighted by Gasteiger charge is -2.08. The standard InChI is InChI=1S/C13H17FN2O4/c1-2-19-13(18)16-15-12(17)4-3-9-20-11-7-5-10(14)6-8-11/h5-8H,2-4,9H2,1H3,(H,15,17)(H,16,18). The van der Waals surface area contributed by atoms with Crippen molar-refractivity contribution in [2.75, 3.05) is 13.2 Å². The first-order chi connectivity index (χ1) is 9.61. The summed E-state index contributed by atoms with van der Waals surface area (Å²) in [7, 11) is 0. The number of carbonyl (C=O) groups excluding carboxylic acids is 2. The molecule has 20 heavy (non-hydrogen) atoms. The Kier molecular flexibility index (Phi) is 6.88. The monoisotopic (exact) mass is 284 g/mol. The average Bonchev–Trinajstić information content (AvgIpc) is 2.43. The van der Waals surface area contributed by atoms with Crippen molar-refractivity contribution in [2.24, 2.45) is 0 Å². The van der Waals surface area contributed by atoms with Gasteiger partial charge >= 0.3 is 6.09 Å². The lowest BCUT2D eigenvalue weighted by Crippen LogP contribution is -2.41. The fourth-order valence-corrected chi connectivity index (χ4v) is 1.30. The molecule has 110 valence electrons. The van der Waals surface area contributed by atoms with Gasteiger partial charge in [0.05, 0.1) is 13.2 Å². The highest BCUT2D eigenvalue weighted by molar-refractivity contribution is 5.78. The summed E-state index contributed by atoms with van der Waals surface area (Å²) in [5.41, 5.74) is 4.31. The quantitative estimate of drug-likeness (QED) is 0.616. The third-order valence-electron chi connectivity index (χ3n) is 2.21. The van der Waals surface area contributed by atoms with Gasteiger partial charge in [0.2, 0.25) is 5.91 Å². The lowest BCUT2D eigenvalue weighted by molar-refractivity contribution is -0.122. The van der Waals surface area contributed by atoms with E-state index in [1.165, 1.54) is 24.3 Å². The van der Waals surface area contributed by atoms with Gasteiger partial charge in [0.15, 0.2) is 0 Å². The lowest BCUT2D eigenvalue weighted by atomic mass is 10.3. The molecule has 2 N–H and O–H groups in total. The van der Waals surface area contributed by atoms with E-state index < -0.39 is 6.09 Å². The predicted molar refractivity (Wildman–Crippen MR) is 69.4 cm³/mol. The molecule has 6 nitrogen and oxygen atoms in total. The summed E-state index contributed by atoms with van der Waals surface area (Å²) in [6.45, 7) is 2.21. The highest BCUT2D eigenvalue weighted by Crippen LogP contribution is 2.11. The van der Waals surface area contributed by atoms with Crippen LogP contribution < -0.4 is 15.6 Å². The van der Waals surface area contributed by atoms with Crippen molar-refractivity contribution in [3.8, 4) is 5.75 Å². The Morgan fingerprint density at radius 2 is 1.90 bits per heavy atom. The molecule has 0 atom stereocenters. The predicted octanol–water partition coefficient (Wildman–Crippen LogP) is 1.76. The molecule has 0 bridgehead atoms. The zero-order valence-electron chi connectivity index (χ0n) is 11.1. The summed E-state index contributed by atoms with van der Waals surface area (Å²) in [6, 6.07) is 5.62. The van der Waals surface area contributed by atoms with Crippen LogP contribution in [-0.2, 0) is 9.53 Å². The smallest absolute Gasteiger partial charge is 0.426 e. The SMILES string of the molecule is CCOC(=O)NNC(=O)CCCOc1ccc(F)cc1. The zero-order chi connectivity index (χ0) is 14.8. The number of rotatable bonds is 6. The molecule has 0 saturated carbocycles. The van der Waals surface area contributed by atoms with Gasteiger partial charge in [-0.1, -0.05) is 0 Å². The zero-order valence-corrected chi connectivity index (χ0v) is 11.1. The topological polar surface area (TPSA) is 76.7 Å². The van der Waals surface area contributed by atoms with Crippen LogP contribution >= 0.6 is 0 Å². The fourth-order valence-electron chi connectivity index (χ4n) is 1.30. The molecule has 1 aromatic carbocycles. The third-order valence-corrected chi connectivity index (χ3v) is 2.21. The molecule has 0 heterocycles. The summed E-state index contributed by atoms with van der Waals surface area (Å²) < 4.78 is 22.5. The molecule has 7 heteroatoms. The summed E-state index contributed by atoms with van der Waals surface area (Å²) in [5, 5.41) is 0. The van der Waals surface area contributed by atoms with Crippen molar-refractivity contribution in [1.29, 1.82) is 0 Å². The Morgan fingerprint density at radius 1 is 1.20 bits per heavy atom. The summed E-state index contributed by atoms with van der Waals surface area (Å²) >= 11 is 0. The molecule has 0 aliphatic heterocycles. The first kappa shape index (κ1) is 15.7. The molecule has 0 unspecified atom stereocenters. The number of amides is 2. The largest absolute Gasteiger partial charge is 0.494 e. The van der Waals surface area contributed by atoms with E-state index in [1.807, 2.05) is 0 Å². The molecule has 0 aliphatic carbocycles. The maximum atomic E-state index is 12.6. The molecule has 0 radical (unpaired) electrons. The van der Waals surface area contributed by atoms with Gasteiger partial charge in [-0.25, -0.2) is 14.6 Å². The van der Waals surface area contributed by atoms with Crippen LogP contribution in [0.2, 0.25) is 0 Å². The van der Waals surface area contributed by atoms with Crippen LogP contribution in [0.25, 0.3) is 0 Å². The molecule has 1 aromatic rings. The van der Waals surface area contributed by atoms with Crippen molar-refractivity contribution < 1.29 is 23.5 Å². The number of nitrogens with one attached hydrogen (secondary N) is 2. The van der Waals surface area contributed by atoms with Gasteiger partial charge < -0.3 is 9.47 Å². The van der Waals surface area contributed by atoms with Gasteiger partial charge in [-0.05, 0) is 37.6 Å². The van der Waals surface area contributed by atoms with E-state index in [9.17, 15) is 14.0 Å². The Morgan fingerprint density at radius 3 is 2.55 bits per heavy atom. The molecule has 2 amide bonds. The minimum atomic E-state index is -0.705. The molecule has 0 fully saturated rings. The molecular weight excluding hydrogens is 267 g/mol. The van der Waals surface area contributed by atoms with Gasteiger partial charge in [-0.15, -0.1) is 0 Å². The van der Waals surface area contributed by atoms with E-state index in [0.717, 1.165) is 0 Å². The van der Waals surface area contributed by atoms with Gasteiger partial charge in [-0.3, -0.25) is 10.2 Å². The third kappa shape index (κ3) is 6.58. The normalized spacial score (nSPS) is 9.70. The number of hydrogen-bond donors (Lipinski definition) is 2. The van der Waals surface area contributed by atoms with Crippen molar-refractivity contribution >= 4 is 12.0 Å². The number of benzene rings is 1. The number of halogens is 1. The maximum Gasteiger partial charge on any atom is 0.426 e. The maximum absolute atomic E-state index is 12.6. The second-order valence-electron chi connectivity index (χ2n) is 3.80. The average molecular weight is 284 g/mol. The first-order valence-electron chi connectivity index (χ1n) is 6.21. The minimum Gasteiger partial charge on any atom is -0.494 e. The molecule has 1 rings (SSSR count). The van der Waals surface area contributed by atoms with Crippen LogP contribution in [0.15, 0.2) is 24.3 Å². The van der Waals surface area contributed by atoms with Crippen LogP contribution in [0.1, 0.15) is 19.8 Å². The van der Waals surface area contributed by atoms with Gasteiger partial charge in [0.1, 0.15) is 11.6 Å². The summed E-state index contributed by atoms with van der Waals surface area (Å²) in [4.78, 5) is 22.2. The highest BCUT2D eigenvalue weighted by Gasteiger charge is 2.04. The Bertz CT molecular complexity index is 437. The summed E-state index contributed by atoms with van der Waals surface area (Å²) in [5.74, 6) is -0.140. The number of hydrogen-bond acceptors (Lipinski definition) is 4. The van der Waals surface area contributed by atoms with E-state index in [0.29, 0.717) is 18.8 Å². The van der Waals surface area contributed by atoms with Gasteiger partial charge in [-0.2, -0.15) is 0 Å². The van der Waals surface area contributed by atoms with E-state index in [2.05, 4.69) is 15.6 Å². The van der Waals surface area contributed by atoms with Crippen LogP contribution in [0.3, 0.4) is 0 Å². The van der Waals surface area contributed by atoms with Crippen LogP contribution in [0, 0.1) is 5.82 Å². The second kappa shape index (κ2) is 8.73. The Labute approximate surface area is 116 Å². The Balaban J connectivity index is 2.10. The number of hydrazine groups is 1. The second-order valence-corrected chi connectivity index (χ2v) is 3.80. The fraction of sp³-hybridized carbons (Fsp3) is 0.385. The molecule has 0 saturated heterocycles. The molecule has 0 spiro atoms. The van der Waals surface area contributed by atoms with Crippen LogP contribution in [-0.4, -0.2) is 25.2 Å².